The Kier molecular flexibility index (Phi) is 6.57. The molecular weight excluding hydrogens is 350 g/mol. The summed E-state index contributed by atoms with van der Waals surface area (Å²) in [4.78, 5) is 17.4. The second kappa shape index (κ2) is 9.11. The third-order valence-corrected chi connectivity index (χ3v) is 5.82. The maximum atomic E-state index is 12.9. The molecule has 0 bridgehead atoms. The second-order valence-electron chi connectivity index (χ2n) is 7.60. The molecule has 1 fully saturated rings. The number of nitrogens with one attached hydrogen (secondary N) is 1. The Balaban J connectivity index is 1.58. The van der Waals surface area contributed by atoms with Crippen molar-refractivity contribution in [3.8, 4) is 5.75 Å². The van der Waals surface area contributed by atoms with Gasteiger partial charge >= 0.3 is 0 Å². The van der Waals surface area contributed by atoms with Crippen LogP contribution < -0.4 is 10.2 Å². The molecule has 2 N–H and O–H groups in total. The highest BCUT2D eigenvalue weighted by Crippen LogP contribution is 2.27. The van der Waals surface area contributed by atoms with Crippen molar-refractivity contribution in [1.82, 2.24) is 4.90 Å². The van der Waals surface area contributed by atoms with E-state index in [1.54, 1.807) is 12.1 Å². The van der Waals surface area contributed by atoms with E-state index in [-0.39, 0.29) is 17.7 Å². The molecule has 0 aromatic heterocycles. The van der Waals surface area contributed by atoms with E-state index in [2.05, 4.69) is 35.0 Å². The third-order valence-electron chi connectivity index (χ3n) is 5.82. The van der Waals surface area contributed by atoms with Crippen LogP contribution in [-0.4, -0.2) is 48.1 Å². The lowest BCUT2D eigenvalue weighted by Gasteiger charge is -2.38. The van der Waals surface area contributed by atoms with Gasteiger partial charge in [0, 0.05) is 37.6 Å². The molecule has 5 heteroatoms. The van der Waals surface area contributed by atoms with E-state index >= 15 is 0 Å². The first kappa shape index (κ1) is 20.2. The first-order valence-electron chi connectivity index (χ1n) is 10.2. The predicted octanol–water partition coefficient (Wildman–Crippen LogP) is 4.05. The lowest BCUT2D eigenvalue weighted by Crippen LogP contribution is -2.52. The minimum absolute atomic E-state index is 0.0498. The fraction of sp³-hybridized carbons (Fsp3) is 0.435. The Labute approximate surface area is 168 Å². The van der Waals surface area contributed by atoms with Crippen molar-refractivity contribution in [3.63, 3.8) is 0 Å². The fourth-order valence-electron chi connectivity index (χ4n) is 3.69. The Morgan fingerprint density at radius 1 is 1.04 bits per heavy atom. The van der Waals surface area contributed by atoms with E-state index < -0.39 is 0 Å². The van der Waals surface area contributed by atoms with Gasteiger partial charge in [-0.05, 0) is 55.2 Å². The molecule has 0 aliphatic carbocycles. The number of hydrogen-bond donors (Lipinski definition) is 2. The van der Waals surface area contributed by atoms with Crippen molar-refractivity contribution in [3.05, 3.63) is 54.1 Å². The van der Waals surface area contributed by atoms with Gasteiger partial charge in [-0.2, -0.15) is 0 Å². The van der Waals surface area contributed by atoms with Gasteiger partial charge in [0.05, 0.1) is 6.04 Å². The summed E-state index contributed by atoms with van der Waals surface area (Å²) in [6.45, 7) is 9.75. The first-order valence-corrected chi connectivity index (χ1v) is 10.2. The molecule has 1 heterocycles. The fourth-order valence-corrected chi connectivity index (χ4v) is 3.69. The van der Waals surface area contributed by atoms with Gasteiger partial charge in [-0.3, -0.25) is 9.69 Å². The maximum Gasteiger partial charge on any atom is 0.241 e. The molecular formula is C23H31N3O2. The van der Waals surface area contributed by atoms with Gasteiger partial charge in [0.2, 0.25) is 5.91 Å². The highest BCUT2D eigenvalue weighted by molar-refractivity contribution is 5.95. The summed E-state index contributed by atoms with van der Waals surface area (Å²) >= 11 is 0. The van der Waals surface area contributed by atoms with Gasteiger partial charge in [-0.15, -0.1) is 0 Å². The first-order chi connectivity index (χ1) is 13.5. The largest absolute Gasteiger partial charge is 0.508 e. The van der Waals surface area contributed by atoms with E-state index in [0.717, 1.165) is 44.0 Å². The number of nitrogens with zero attached hydrogens (tertiary/aromatic N) is 2. The molecule has 150 valence electrons. The summed E-state index contributed by atoms with van der Waals surface area (Å²) in [5.41, 5.74) is 3.23. The molecule has 0 saturated carbocycles. The Hall–Kier alpha value is -2.53. The second-order valence-corrected chi connectivity index (χ2v) is 7.60. The normalized spacial score (nSPS) is 17.2. The Morgan fingerprint density at radius 3 is 2.32 bits per heavy atom. The molecule has 28 heavy (non-hydrogen) atoms. The Morgan fingerprint density at radius 2 is 1.68 bits per heavy atom. The number of para-hydroxylation sites is 1. The number of phenols is 1. The van der Waals surface area contributed by atoms with Gasteiger partial charge in [0.25, 0.3) is 0 Å². The number of aromatic hydroxyl groups is 1. The zero-order chi connectivity index (χ0) is 20.1. The van der Waals surface area contributed by atoms with E-state index in [0.29, 0.717) is 5.92 Å². The Bertz CT molecular complexity index is 783. The third kappa shape index (κ3) is 4.65. The molecule has 1 aliphatic heterocycles. The molecule has 0 radical (unpaired) electrons. The summed E-state index contributed by atoms with van der Waals surface area (Å²) in [6, 6.07) is 15.2. The van der Waals surface area contributed by atoms with Crippen molar-refractivity contribution in [2.24, 2.45) is 0 Å². The average molecular weight is 382 g/mol. The molecule has 0 spiro atoms. The van der Waals surface area contributed by atoms with Crippen molar-refractivity contribution in [2.45, 2.75) is 39.2 Å². The van der Waals surface area contributed by atoms with Crippen LogP contribution in [0.2, 0.25) is 0 Å². The van der Waals surface area contributed by atoms with Crippen molar-refractivity contribution in [2.75, 3.05) is 36.4 Å². The number of piperazine rings is 1. The standard InChI is InChI=1S/C23H31N3O2/c1-4-17(2)21-7-5-6-8-22(21)24-23(28)18(3)25-13-15-26(16-14-25)19-9-11-20(27)12-10-19/h5-12,17-18,27H,4,13-16H2,1-3H3,(H,24,28)/t17-,18-/m0/s1. The van der Waals surface area contributed by atoms with Crippen LogP contribution in [0.4, 0.5) is 11.4 Å². The van der Waals surface area contributed by atoms with Crippen LogP contribution in [0.15, 0.2) is 48.5 Å². The van der Waals surface area contributed by atoms with Gasteiger partial charge in [-0.1, -0.05) is 32.0 Å². The summed E-state index contributed by atoms with van der Waals surface area (Å²) < 4.78 is 0. The smallest absolute Gasteiger partial charge is 0.241 e. The van der Waals surface area contributed by atoms with Crippen LogP contribution in [-0.2, 0) is 4.79 Å². The molecule has 2 aromatic carbocycles. The van der Waals surface area contributed by atoms with E-state index in [4.69, 9.17) is 0 Å². The van der Waals surface area contributed by atoms with Gasteiger partial charge in [0.15, 0.2) is 0 Å². The van der Waals surface area contributed by atoms with Gasteiger partial charge < -0.3 is 15.3 Å². The zero-order valence-corrected chi connectivity index (χ0v) is 17.1. The highest BCUT2D eigenvalue weighted by Gasteiger charge is 2.26. The lowest BCUT2D eigenvalue weighted by atomic mass is 9.97. The number of anilines is 2. The number of rotatable bonds is 6. The summed E-state index contributed by atoms with van der Waals surface area (Å²) in [6.07, 6.45) is 1.04. The SMILES string of the molecule is CC[C@H](C)c1ccccc1NC(=O)[C@H](C)N1CCN(c2ccc(O)cc2)CC1. The van der Waals surface area contributed by atoms with E-state index in [1.807, 2.05) is 37.3 Å². The minimum atomic E-state index is -0.174. The minimum Gasteiger partial charge on any atom is -0.508 e. The van der Waals surface area contributed by atoms with Crippen molar-refractivity contribution >= 4 is 17.3 Å². The van der Waals surface area contributed by atoms with Crippen LogP contribution in [0.25, 0.3) is 0 Å². The monoisotopic (exact) mass is 381 g/mol. The average Bonchev–Trinajstić information content (AvgIpc) is 2.73. The summed E-state index contributed by atoms with van der Waals surface area (Å²) in [5, 5.41) is 12.6. The van der Waals surface area contributed by atoms with Crippen LogP contribution in [0, 0.1) is 0 Å². The number of benzene rings is 2. The van der Waals surface area contributed by atoms with Crippen LogP contribution in [0.1, 0.15) is 38.7 Å². The molecule has 1 saturated heterocycles. The number of carbonyl (C=O) groups excluding carboxylic acids is 1. The topological polar surface area (TPSA) is 55.8 Å². The number of amides is 1. The molecule has 1 amide bonds. The summed E-state index contributed by atoms with van der Waals surface area (Å²) in [7, 11) is 0. The predicted molar refractivity (Wildman–Crippen MR) is 115 cm³/mol. The van der Waals surface area contributed by atoms with Crippen molar-refractivity contribution in [1.29, 1.82) is 0 Å². The van der Waals surface area contributed by atoms with Crippen LogP contribution in [0.3, 0.4) is 0 Å². The van der Waals surface area contributed by atoms with Crippen molar-refractivity contribution < 1.29 is 9.90 Å². The molecule has 5 nitrogen and oxygen atoms in total. The number of hydrogen-bond acceptors (Lipinski definition) is 4. The summed E-state index contributed by atoms with van der Waals surface area (Å²) in [5.74, 6) is 0.750. The van der Waals surface area contributed by atoms with Gasteiger partial charge in [-0.25, -0.2) is 0 Å². The van der Waals surface area contributed by atoms with Crippen LogP contribution >= 0.6 is 0 Å². The number of phenolic OH excluding ortho intramolecular Hbond substituents is 1. The lowest BCUT2D eigenvalue weighted by molar-refractivity contribution is -0.120. The molecule has 2 aromatic rings. The van der Waals surface area contributed by atoms with Gasteiger partial charge in [0.1, 0.15) is 5.75 Å². The number of carbonyl (C=O) groups is 1. The quantitative estimate of drug-likeness (QED) is 0.792. The molecule has 0 unspecified atom stereocenters. The molecule has 1 aliphatic rings. The molecule has 2 atom stereocenters. The maximum absolute atomic E-state index is 12.9. The zero-order valence-electron chi connectivity index (χ0n) is 17.1. The van der Waals surface area contributed by atoms with Crippen LogP contribution in [0.5, 0.6) is 5.75 Å². The highest BCUT2D eigenvalue weighted by atomic mass is 16.3. The molecule has 3 rings (SSSR count). The van der Waals surface area contributed by atoms with E-state index in [1.165, 1.54) is 5.56 Å². The van der Waals surface area contributed by atoms with E-state index in [9.17, 15) is 9.90 Å².